The van der Waals surface area contributed by atoms with Crippen LogP contribution in [0.25, 0.3) is 0 Å². The fraction of sp³-hybridized carbons (Fsp3) is 1.00. The van der Waals surface area contributed by atoms with Crippen LogP contribution in [0.2, 0.25) is 0 Å². The number of rotatable bonds is 3. The molecule has 0 unspecified atom stereocenters. The number of piperidine rings is 1. The number of hydrogen-bond acceptors (Lipinski definition) is 1. The minimum absolute atomic E-state index is 0.533. The van der Waals surface area contributed by atoms with Crippen molar-refractivity contribution in [3.05, 3.63) is 0 Å². The van der Waals surface area contributed by atoms with E-state index in [1.165, 1.54) is 25.9 Å². The van der Waals surface area contributed by atoms with Crippen molar-refractivity contribution in [3.63, 3.8) is 0 Å². The second kappa shape index (κ2) is 5.43. The van der Waals surface area contributed by atoms with Crippen molar-refractivity contribution < 1.29 is 21.2 Å². The fourth-order valence-electron chi connectivity index (χ4n) is 1.84. The summed E-state index contributed by atoms with van der Waals surface area (Å²) < 4.78 is 1.56. The van der Waals surface area contributed by atoms with Gasteiger partial charge in [0.25, 0.3) is 0 Å². The molecule has 74 valence electrons. The first kappa shape index (κ1) is 10.8. The van der Waals surface area contributed by atoms with Crippen molar-refractivity contribution in [1.82, 2.24) is 4.90 Å². The molecular weight excluding hydrogens is 261 g/mol. The van der Waals surface area contributed by atoms with E-state index >= 15 is 0 Å². The summed E-state index contributed by atoms with van der Waals surface area (Å²) >= 11 is 0.533. The van der Waals surface area contributed by atoms with Crippen molar-refractivity contribution in [1.29, 1.82) is 0 Å². The van der Waals surface area contributed by atoms with Gasteiger partial charge in [-0.2, -0.15) is 0 Å². The van der Waals surface area contributed by atoms with Crippen LogP contribution in [0.5, 0.6) is 0 Å². The van der Waals surface area contributed by atoms with E-state index in [0.717, 1.165) is 12.0 Å². The van der Waals surface area contributed by atoms with Crippen molar-refractivity contribution >= 4 is 0 Å². The van der Waals surface area contributed by atoms with E-state index in [2.05, 4.69) is 23.7 Å². The molecule has 0 saturated carbocycles. The van der Waals surface area contributed by atoms with E-state index in [0.29, 0.717) is 21.2 Å². The van der Waals surface area contributed by atoms with Crippen molar-refractivity contribution in [2.45, 2.75) is 32.7 Å². The molecule has 1 aliphatic rings. The molecule has 12 heavy (non-hydrogen) atoms. The predicted molar refractivity (Wildman–Crippen MR) is 50.2 cm³/mol. The Morgan fingerprint density at radius 2 is 1.92 bits per heavy atom. The Kier molecular flexibility index (Phi) is 4.87. The van der Waals surface area contributed by atoms with Crippen LogP contribution < -0.4 is 21.2 Å². The van der Waals surface area contributed by atoms with Crippen LogP contribution in [-0.4, -0.2) is 33.4 Å². The summed E-state index contributed by atoms with van der Waals surface area (Å²) in [7, 11) is 0. The van der Waals surface area contributed by atoms with Crippen LogP contribution in [-0.2, 0) is 0 Å². The second-order valence-corrected chi connectivity index (χ2v) is 6.40. The van der Waals surface area contributed by atoms with Gasteiger partial charge in [-0.05, 0) is 0 Å². The third-order valence-corrected chi connectivity index (χ3v) is 4.88. The number of likely N-dealkylation sites (tertiary alicyclic amines) is 1. The molecule has 1 heterocycles. The van der Waals surface area contributed by atoms with Crippen molar-refractivity contribution in [2.24, 2.45) is 5.92 Å². The van der Waals surface area contributed by atoms with Gasteiger partial charge in [0.2, 0.25) is 0 Å². The van der Waals surface area contributed by atoms with E-state index in [1.807, 2.05) is 0 Å². The molecular formula is C10H21IN-. The van der Waals surface area contributed by atoms with Crippen molar-refractivity contribution in [2.75, 3.05) is 22.4 Å². The molecule has 1 fully saturated rings. The number of nitrogens with zero attached hydrogens (tertiary/aromatic N) is 1. The van der Waals surface area contributed by atoms with Crippen molar-refractivity contribution in [3.8, 4) is 0 Å². The van der Waals surface area contributed by atoms with Crippen LogP contribution in [0.3, 0.4) is 0 Å². The summed E-state index contributed by atoms with van der Waals surface area (Å²) in [6.07, 6.45) is 2.93. The molecule has 0 aliphatic carbocycles. The molecule has 0 atom stereocenters. The van der Waals surface area contributed by atoms with Gasteiger partial charge in [0, 0.05) is 0 Å². The maximum atomic E-state index is 2.62. The molecule has 0 aromatic carbocycles. The molecule has 1 rings (SSSR count). The zero-order valence-corrected chi connectivity index (χ0v) is 10.7. The Hall–Kier alpha value is 0.690. The van der Waals surface area contributed by atoms with Crippen LogP contribution in [0, 0.1) is 5.92 Å². The molecule has 0 amide bonds. The molecule has 1 nitrogen and oxygen atoms in total. The zero-order chi connectivity index (χ0) is 8.97. The van der Waals surface area contributed by atoms with Gasteiger partial charge in [0.05, 0.1) is 0 Å². The topological polar surface area (TPSA) is 3.24 Å². The molecule has 0 aromatic heterocycles. The Labute approximate surface area is 87.2 Å². The normalized spacial score (nSPS) is 22.3. The summed E-state index contributed by atoms with van der Waals surface area (Å²) in [6, 6.07) is 0.766. The van der Waals surface area contributed by atoms with Gasteiger partial charge in [-0.3, -0.25) is 0 Å². The van der Waals surface area contributed by atoms with Gasteiger partial charge in [-0.25, -0.2) is 0 Å². The van der Waals surface area contributed by atoms with Gasteiger partial charge in [0.1, 0.15) is 0 Å². The van der Waals surface area contributed by atoms with E-state index in [9.17, 15) is 0 Å². The van der Waals surface area contributed by atoms with Crippen LogP contribution in [0.1, 0.15) is 26.7 Å². The summed E-state index contributed by atoms with van der Waals surface area (Å²) in [4.78, 5) is 5.03. The number of hydrogen-bond donors (Lipinski definition) is 0. The average Bonchev–Trinajstić information content (AvgIpc) is 2.06. The van der Waals surface area contributed by atoms with E-state index in [1.54, 1.807) is 4.43 Å². The summed E-state index contributed by atoms with van der Waals surface area (Å²) in [6.45, 7) is 7.33. The molecule has 0 bridgehead atoms. The molecule has 0 spiro atoms. The number of halogens is 1. The van der Waals surface area contributed by atoms with E-state index in [-0.39, 0.29) is 0 Å². The summed E-state index contributed by atoms with van der Waals surface area (Å²) in [5.74, 6) is 1.08. The fourth-order valence-corrected chi connectivity index (χ4v) is 3.97. The molecule has 0 N–H and O–H groups in total. The Morgan fingerprint density at radius 1 is 1.33 bits per heavy atom. The molecule has 1 saturated heterocycles. The predicted octanol–water partition coefficient (Wildman–Crippen LogP) is -1.17. The standard InChI is InChI=1S/C10H21IN/c1-9(2)12-6-4-10(5-7-12)8-11-3/h9-10H,4-8H2,1-3H3/q-1. The summed E-state index contributed by atoms with van der Waals surface area (Å²) in [5.41, 5.74) is 0. The third kappa shape index (κ3) is 3.21. The molecule has 2 heteroatoms. The van der Waals surface area contributed by atoms with Gasteiger partial charge in [-0.1, -0.05) is 0 Å². The summed E-state index contributed by atoms with van der Waals surface area (Å²) in [5, 5.41) is 0. The SMILES string of the molecule is C[I-]CC1CCN(C(C)C)CC1. The third-order valence-electron chi connectivity index (χ3n) is 2.75. The quantitative estimate of drug-likeness (QED) is 0.465. The minimum atomic E-state index is 0.533. The molecule has 0 radical (unpaired) electrons. The zero-order valence-electron chi connectivity index (χ0n) is 8.52. The average molecular weight is 282 g/mol. The maximum absolute atomic E-state index is 2.62. The first-order chi connectivity index (χ1) is 5.74. The second-order valence-electron chi connectivity index (χ2n) is 3.99. The van der Waals surface area contributed by atoms with Gasteiger partial charge in [0.15, 0.2) is 0 Å². The van der Waals surface area contributed by atoms with Gasteiger partial charge in [-0.15, -0.1) is 0 Å². The molecule has 1 aliphatic heterocycles. The number of alkyl halides is 2. The first-order valence-corrected chi connectivity index (χ1v) is 8.60. The van der Waals surface area contributed by atoms with Crippen LogP contribution >= 0.6 is 0 Å². The Morgan fingerprint density at radius 3 is 2.33 bits per heavy atom. The van der Waals surface area contributed by atoms with Crippen LogP contribution in [0.4, 0.5) is 0 Å². The monoisotopic (exact) mass is 282 g/mol. The van der Waals surface area contributed by atoms with Gasteiger partial charge >= 0.3 is 87.2 Å². The van der Waals surface area contributed by atoms with E-state index in [4.69, 9.17) is 0 Å². The molecule has 0 aromatic rings. The van der Waals surface area contributed by atoms with E-state index < -0.39 is 0 Å². The van der Waals surface area contributed by atoms with Gasteiger partial charge < -0.3 is 0 Å². The Bertz CT molecular complexity index is 117. The first-order valence-electron chi connectivity index (χ1n) is 4.92. The Balaban J connectivity index is 2.20. The van der Waals surface area contributed by atoms with Crippen LogP contribution in [0.15, 0.2) is 0 Å².